The maximum absolute atomic E-state index is 10.1. The Labute approximate surface area is 80.9 Å². The summed E-state index contributed by atoms with van der Waals surface area (Å²) in [5.41, 5.74) is 0. The number of anilines is 1. The van der Waals surface area contributed by atoms with Crippen molar-refractivity contribution in [3.05, 3.63) is 18.5 Å². The van der Waals surface area contributed by atoms with E-state index in [1.54, 1.807) is 18.5 Å². The lowest BCUT2D eigenvalue weighted by atomic mass is 10.6. The summed E-state index contributed by atoms with van der Waals surface area (Å²) >= 11 is 0. The number of nitrogens with one attached hydrogen (secondary N) is 1. The number of hydrogen-bond acceptors (Lipinski definition) is 5. The normalized spacial score (nSPS) is 9.71. The van der Waals surface area contributed by atoms with E-state index < -0.39 is 5.97 Å². The highest BCUT2D eigenvalue weighted by molar-refractivity contribution is 5.67. The fourth-order valence-corrected chi connectivity index (χ4v) is 0.785. The van der Waals surface area contributed by atoms with Gasteiger partial charge in [0.2, 0.25) is 5.95 Å². The Bertz CT molecular complexity index is 278. The maximum Gasteiger partial charge on any atom is 0.329 e. The van der Waals surface area contributed by atoms with Crippen molar-refractivity contribution in [3.63, 3.8) is 0 Å². The first-order valence-electron chi connectivity index (χ1n) is 4.09. The van der Waals surface area contributed by atoms with Crippen LogP contribution in [0.25, 0.3) is 0 Å². The molecule has 1 aromatic heterocycles. The van der Waals surface area contributed by atoms with Gasteiger partial charge in [0.15, 0.2) is 0 Å². The lowest BCUT2D eigenvalue weighted by molar-refractivity contribution is -0.142. The Balaban J connectivity index is 2.08. The number of ether oxygens (including phenoxy) is 1. The predicted octanol–water partition coefficient (Wildman–Crippen LogP) is -0.0103. The summed E-state index contributed by atoms with van der Waals surface area (Å²) in [6.07, 6.45) is 3.24. The highest BCUT2D eigenvalue weighted by Crippen LogP contribution is 1.92. The van der Waals surface area contributed by atoms with Gasteiger partial charge in [-0.05, 0) is 6.07 Å². The fourth-order valence-electron chi connectivity index (χ4n) is 0.785. The first-order chi connectivity index (χ1) is 6.79. The third-order valence-electron chi connectivity index (χ3n) is 1.32. The lowest BCUT2D eigenvalue weighted by Gasteiger charge is -2.03. The van der Waals surface area contributed by atoms with Crippen LogP contribution in [0.15, 0.2) is 18.5 Å². The van der Waals surface area contributed by atoms with E-state index in [2.05, 4.69) is 15.3 Å². The first kappa shape index (κ1) is 10.4. The molecule has 14 heavy (non-hydrogen) atoms. The number of carboxylic acid groups (broad SMARTS) is 1. The summed E-state index contributed by atoms with van der Waals surface area (Å²) < 4.78 is 4.80. The largest absolute Gasteiger partial charge is 0.480 e. The number of carboxylic acids is 1. The fraction of sp³-hybridized carbons (Fsp3) is 0.375. The highest BCUT2D eigenvalue weighted by atomic mass is 16.5. The zero-order valence-corrected chi connectivity index (χ0v) is 7.51. The molecular formula is C8H11N3O3. The summed E-state index contributed by atoms with van der Waals surface area (Å²) in [6, 6.07) is 1.71. The van der Waals surface area contributed by atoms with Gasteiger partial charge < -0.3 is 15.2 Å². The number of hydrogen-bond donors (Lipinski definition) is 2. The van der Waals surface area contributed by atoms with Crippen LogP contribution in [-0.4, -0.2) is 40.8 Å². The van der Waals surface area contributed by atoms with E-state index in [1.807, 2.05) is 0 Å². The van der Waals surface area contributed by atoms with Crippen LogP contribution in [-0.2, 0) is 9.53 Å². The molecule has 6 heteroatoms. The number of nitrogens with zero attached hydrogens (tertiary/aromatic N) is 2. The third-order valence-corrected chi connectivity index (χ3v) is 1.32. The molecule has 0 aliphatic rings. The Morgan fingerprint density at radius 2 is 2.21 bits per heavy atom. The molecule has 0 aliphatic carbocycles. The van der Waals surface area contributed by atoms with Gasteiger partial charge in [-0.15, -0.1) is 0 Å². The lowest BCUT2D eigenvalue weighted by Crippen LogP contribution is -2.14. The van der Waals surface area contributed by atoms with Gasteiger partial charge in [-0.3, -0.25) is 0 Å². The molecule has 0 bridgehead atoms. The van der Waals surface area contributed by atoms with Crippen LogP contribution in [0.1, 0.15) is 0 Å². The van der Waals surface area contributed by atoms with E-state index in [9.17, 15) is 4.79 Å². The van der Waals surface area contributed by atoms with Crippen molar-refractivity contribution in [1.82, 2.24) is 9.97 Å². The molecule has 0 saturated heterocycles. The molecular weight excluding hydrogens is 186 g/mol. The molecule has 6 nitrogen and oxygen atoms in total. The van der Waals surface area contributed by atoms with Crippen LogP contribution >= 0.6 is 0 Å². The second kappa shape index (κ2) is 5.87. The molecule has 1 rings (SSSR count). The molecule has 0 aliphatic heterocycles. The molecule has 0 atom stereocenters. The number of carbonyl (C=O) groups is 1. The van der Waals surface area contributed by atoms with Gasteiger partial charge in [-0.2, -0.15) is 0 Å². The topological polar surface area (TPSA) is 84.3 Å². The van der Waals surface area contributed by atoms with Crippen molar-refractivity contribution in [2.45, 2.75) is 0 Å². The molecule has 1 heterocycles. The predicted molar refractivity (Wildman–Crippen MR) is 49.0 cm³/mol. The van der Waals surface area contributed by atoms with Crippen molar-refractivity contribution in [3.8, 4) is 0 Å². The van der Waals surface area contributed by atoms with Crippen molar-refractivity contribution < 1.29 is 14.6 Å². The molecule has 0 fully saturated rings. The molecule has 1 aromatic rings. The zero-order chi connectivity index (χ0) is 10.2. The minimum atomic E-state index is -0.971. The minimum Gasteiger partial charge on any atom is -0.480 e. The van der Waals surface area contributed by atoms with Crippen LogP contribution < -0.4 is 5.32 Å². The van der Waals surface area contributed by atoms with E-state index >= 15 is 0 Å². The monoisotopic (exact) mass is 197 g/mol. The van der Waals surface area contributed by atoms with Gasteiger partial charge in [0.05, 0.1) is 6.61 Å². The average molecular weight is 197 g/mol. The molecule has 0 unspecified atom stereocenters. The molecule has 2 N–H and O–H groups in total. The van der Waals surface area contributed by atoms with Crippen LogP contribution in [0.5, 0.6) is 0 Å². The average Bonchev–Trinajstić information content (AvgIpc) is 2.18. The smallest absolute Gasteiger partial charge is 0.329 e. The Morgan fingerprint density at radius 3 is 2.86 bits per heavy atom. The van der Waals surface area contributed by atoms with Crippen LogP contribution in [0.2, 0.25) is 0 Å². The maximum atomic E-state index is 10.1. The summed E-state index contributed by atoms with van der Waals surface area (Å²) in [5.74, 6) is -0.465. The summed E-state index contributed by atoms with van der Waals surface area (Å²) in [6.45, 7) is 0.513. The number of rotatable bonds is 6. The molecule has 0 aromatic carbocycles. The number of aromatic nitrogens is 2. The van der Waals surface area contributed by atoms with E-state index in [-0.39, 0.29) is 6.61 Å². The van der Waals surface area contributed by atoms with Crippen molar-refractivity contribution >= 4 is 11.9 Å². The SMILES string of the molecule is O=C(O)COCCNc1ncccn1. The highest BCUT2D eigenvalue weighted by Gasteiger charge is 1.96. The number of aliphatic carboxylic acids is 1. The Kier molecular flexibility index (Phi) is 4.36. The molecule has 0 radical (unpaired) electrons. The van der Waals surface area contributed by atoms with Gasteiger partial charge in [0.1, 0.15) is 6.61 Å². The van der Waals surface area contributed by atoms with Crippen molar-refractivity contribution in [1.29, 1.82) is 0 Å². The van der Waals surface area contributed by atoms with Gasteiger partial charge in [-0.1, -0.05) is 0 Å². The van der Waals surface area contributed by atoms with E-state index in [4.69, 9.17) is 9.84 Å². The third kappa shape index (κ3) is 4.36. The summed E-state index contributed by atoms with van der Waals surface area (Å²) in [4.78, 5) is 17.9. The van der Waals surface area contributed by atoms with Crippen molar-refractivity contribution in [2.24, 2.45) is 0 Å². The quantitative estimate of drug-likeness (QED) is 0.624. The minimum absolute atomic E-state index is 0.280. The molecule has 0 saturated carbocycles. The van der Waals surface area contributed by atoms with Crippen LogP contribution in [0.3, 0.4) is 0 Å². The zero-order valence-electron chi connectivity index (χ0n) is 7.51. The Morgan fingerprint density at radius 1 is 1.50 bits per heavy atom. The van der Waals surface area contributed by atoms with E-state index in [0.29, 0.717) is 19.1 Å². The van der Waals surface area contributed by atoms with E-state index in [1.165, 1.54) is 0 Å². The second-order valence-corrected chi connectivity index (χ2v) is 2.45. The van der Waals surface area contributed by atoms with Gasteiger partial charge >= 0.3 is 5.97 Å². The first-order valence-corrected chi connectivity index (χ1v) is 4.09. The van der Waals surface area contributed by atoms with Crippen LogP contribution in [0.4, 0.5) is 5.95 Å². The van der Waals surface area contributed by atoms with Gasteiger partial charge in [0, 0.05) is 18.9 Å². The van der Waals surface area contributed by atoms with E-state index in [0.717, 1.165) is 0 Å². The molecule has 0 spiro atoms. The second-order valence-electron chi connectivity index (χ2n) is 2.45. The van der Waals surface area contributed by atoms with Crippen LogP contribution in [0, 0.1) is 0 Å². The summed E-state index contributed by atoms with van der Waals surface area (Å²) in [5, 5.41) is 11.1. The van der Waals surface area contributed by atoms with Gasteiger partial charge in [0.25, 0.3) is 0 Å². The summed E-state index contributed by atoms with van der Waals surface area (Å²) in [7, 11) is 0. The Hall–Kier alpha value is -1.69. The van der Waals surface area contributed by atoms with Gasteiger partial charge in [-0.25, -0.2) is 14.8 Å². The molecule has 0 amide bonds. The van der Waals surface area contributed by atoms with Crippen molar-refractivity contribution in [2.75, 3.05) is 25.1 Å². The standard InChI is InChI=1S/C8H11N3O3/c12-7(13)6-14-5-4-11-8-9-2-1-3-10-8/h1-3H,4-6H2,(H,12,13)(H,9,10,11). The molecule has 76 valence electrons.